The Morgan fingerprint density at radius 3 is 2.56 bits per heavy atom. The number of hydrogen-bond acceptors (Lipinski definition) is 3. The van der Waals surface area contributed by atoms with Gasteiger partial charge in [-0.05, 0) is 36.8 Å². The van der Waals surface area contributed by atoms with E-state index in [2.05, 4.69) is 51.8 Å². The van der Waals surface area contributed by atoms with Gasteiger partial charge < -0.3 is 9.47 Å². The maximum Gasteiger partial charge on any atom is 0.271 e. The molecular weight excluding hydrogens is 354 g/mol. The minimum Gasteiger partial charge on any atom is -0.337 e. The number of thiophene rings is 1. The number of benzene rings is 1. The molecule has 2 aliphatic rings. The van der Waals surface area contributed by atoms with E-state index in [1.807, 2.05) is 41.7 Å². The summed E-state index contributed by atoms with van der Waals surface area (Å²) >= 11 is 1.87. The van der Waals surface area contributed by atoms with Crippen LogP contribution in [0.1, 0.15) is 31.8 Å². The molecule has 4 heterocycles. The van der Waals surface area contributed by atoms with Gasteiger partial charge in [0.05, 0.1) is 12.1 Å². The van der Waals surface area contributed by atoms with Crippen LogP contribution in [0, 0.1) is 6.92 Å². The van der Waals surface area contributed by atoms with Crippen LogP contribution >= 0.6 is 11.3 Å². The van der Waals surface area contributed by atoms with E-state index in [1.165, 1.54) is 15.3 Å². The number of rotatable bonds is 4. The van der Waals surface area contributed by atoms with E-state index in [9.17, 15) is 4.79 Å². The first-order chi connectivity index (χ1) is 13.2. The monoisotopic (exact) mass is 377 g/mol. The smallest absolute Gasteiger partial charge is 0.271 e. The fraction of sp³-hybridized carbons (Fsp3) is 0.318. The van der Waals surface area contributed by atoms with Crippen LogP contribution in [0.25, 0.3) is 0 Å². The predicted octanol–water partition coefficient (Wildman–Crippen LogP) is 3.94. The molecule has 0 N–H and O–H groups in total. The molecule has 0 radical (unpaired) electrons. The molecule has 0 aliphatic carbocycles. The van der Waals surface area contributed by atoms with Gasteiger partial charge in [0, 0.05) is 42.1 Å². The largest absolute Gasteiger partial charge is 0.337 e. The lowest BCUT2D eigenvalue weighted by Gasteiger charge is -2.38. The highest BCUT2D eigenvalue weighted by molar-refractivity contribution is 7.11. The van der Waals surface area contributed by atoms with Gasteiger partial charge in [-0.15, -0.1) is 11.3 Å². The Labute approximate surface area is 163 Å². The highest BCUT2D eigenvalue weighted by Gasteiger charge is 2.44. The van der Waals surface area contributed by atoms with Gasteiger partial charge in [0.1, 0.15) is 5.69 Å². The van der Waals surface area contributed by atoms with E-state index in [-0.39, 0.29) is 11.9 Å². The second-order valence-corrected chi connectivity index (χ2v) is 8.93. The summed E-state index contributed by atoms with van der Waals surface area (Å²) in [5.41, 5.74) is 2.01. The second-order valence-electron chi connectivity index (χ2n) is 7.56. The van der Waals surface area contributed by atoms with E-state index in [0.717, 1.165) is 25.3 Å². The Bertz CT molecular complexity index is 961. The van der Waals surface area contributed by atoms with Crippen LogP contribution in [-0.4, -0.2) is 39.4 Å². The Balaban J connectivity index is 1.43. The van der Waals surface area contributed by atoms with Crippen molar-refractivity contribution in [1.82, 2.24) is 14.4 Å². The highest BCUT2D eigenvalue weighted by Crippen LogP contribution is 2.35. The maximum absolute atomic E-state index is 13.2. The molecule has 2 aromatic heterocycles. The molecule has 1 aromatic carbocycles. The van der Waals surface area contributed by atoms with Crippen molar-refractivity contribution in [2.24, 2.45) is 0 Å². The van der Waals surface area contributed by atoms with E-state index in [0.29, 0.717) is 12.6 Å². The van der Waals surface area contributed by atoms with Crippen LogP contribution in [0.2, 0.25) is 0 Å². The number of aryl methyl sites for hydroxylation is 1. The van der Waals surface area contributed by atoms with Crippen molar-refractivity contribution in [1.29, 1.82) is 0 Å². The molecule has 1 amide bonds. The third kappa shape index (κ3) is 3.01. The zero-order valence-electron chi connectivity index (χ0n) is 15.4. The molecule has 0 spiro atoms. The van der Waals surface area contributed by atoms with Crippen LogP contribution in [0.4, 0.5) is 0 Å². The molecule has 2 atom stereocenters. The number of carbonyl (C=O) groups excluding carboxylic acids is 1. The summed E-state index contributed by atoms with van der Waals surface area (Å²) in [6.45, 7) is 5.72. The van der Waals surface area contributed by atoms with Gasteiger partial charge in [0.25, 0.3) is 5.91 Å². The summed E-state index contributed by atoms with van der Waals surface area (Å²) in [4.78, 5) is 20.5. The summed E-state index contributed by atoms with van der Waals surface area (Å²) in [6.07, 6.45) is 2.07. The molecule has 1 saturated heterocycles. The summed E-state index contributed by atoms with van der Waals surface area (Å²) < 4.78 is 2.20. The maximum atomic E-state index is 13.2. The number of fused-ring (bicyclic) bond motifs is 3. The van der Waals surface area contributed by atoms with Gasteiger partial charge in [-0.2, -0.15) is 0 Å². The van der Waals surface area contributed by atoms with E-state index in [4.69, 9.17) is 0 Å². The zero-order chi connectivity index (χ0) is 18.4. The Kier molecular flexibility index (Phi) is 4.14. The van der Waals surface area contributed by atoms with Crippen LogP contribution in [0.15, 0.2) is 60.8 Å². The molecule has 5 rings (SSSR count). The van der Waals surface area contributed by atoms with Crippen molar-refractivity contribution >= 4 is 17.2 Å². The van der Waals surface area contributed by atoms with Gasteiger partial charge in [-0.3, -0.25) is 9.69 Å². The Morgan fingerprint density at radius 2 is 1.78 bits per heavy atom. The van der Waals surface area contributed by atoms with Crippen molar-refractivity contribution in [2.75, 3.05) is 13.1 Å². The minimum absolute atomic E-state index is 0.152. The first-order valence-electron chi connectivity index (χ1n) is 9.48. The lowest BCUT2D eigenvalue weighted by Crippen LogP contribution is -2.49. The molecule has 2 aliphatic heterocycles. The number of hydrogen-bond donors (Lipinski definition) is 0. The van der Waals surface area contributed by atoms with Crippen molar-refractivity contribution in [3.8, 4) is 0 Å². The van der Waals surface area contributed by atoms with Crippen LogP contribution in [0.5, 0.6) is 0 Å². The molecule has 138 valence electrons. The van der Waals surface area contributed by atoms with Crippen molar-refractivity contribution in [2.45, 2.75) is 32.1 Å². The van der Waals surface area contributed by atoms with E-state index < -0.39 is 0 Å². The molecule has 1 fully saturated rings. The van der Waals surface area contributed by atoms with Crippen LogP contribution < -0.4 is 0 Å². The van der Waals surface area contributed by atoms with Gasteiger partial charge in [0.2, 0.25) is 0 Å². The molecule has 5 heteroatoms. The molecule has 27 heavy (non-hydrogen) atoms. The van der Waals surface area contributed by atoms with E-state index in [1.54, 1.807) is 0 Å². The summed E-state index contributed by atoms with van der Waals surface area (Å²) in [7, 11) is 0. The molecule has 3 aromatic rings. The predicted molar refractivity (Wildman–Crippen MR) is 108 cm³/mol. The SMILES string of the molecule is Cc1ccc(CN2C[C@@H]3[C@H](C2)n2cccc2C(=O)N3Cc2ccccc2)s1. The number of nitrogens with zero attached hydrogens (tertiary/aromatic N) is 3. The average Bonchev–Trinajstić information content (AvgIpc) is 3.39. The van der Waals surface area contributed by atoms with Crippen LogP contribution in [-0.2, 0) is 13.1 Å². The summed E-state index contributed by atoms with van der Waals surface area (Å²) in [5.74, 6) is 0.152. The molecule has 0 bridgehead atoms. The fourth-order valence-corrected chi connectivity index (χ4v) is 5.41. The zero-order valence-corrected chi connectivity index (χ0v) is 16.2. The number of aromatic nitrogens is 1. The molecule has 4 nitrogen and oxygen atoms in total. The molecule has 0 unspecified atom stereocenters. The third-order valence-electron chi connectivity index (χ3n) is 5.72. The molecular formula is C22H23N3OS. The van der Waals surface area contributed by atoms with Crippen LogP contribution in [0.3, 0.4) is 0 Å². The topological polar surface area (TPSA) is 28.5 Å². The normalized spacial score (nSPS) is 22.1. The van der Waals surface area contributed by atoms with Crippen molar-refractivity contribution < 1.29 is 4.79 Å². The molecule has 0 saturated carbocycles. The summed E-state index contributed by atoms with van der Waals surface area (Å²) in [5, 5.41) is 0. The fourth-order valence-electron chi connectivity index (χ4n) is 4.48. The average molecular weight is 378 g/mol. The van der Waals surface area contributed by atoms with Gasteiger partial charge in [-0.1, -0.05) is 30.3 Å². The second kappa shape index (κ2) is 6.66. The van der Waals surface area contributed by atoms with Crippen molar-refractivity contribution in [3.05, 3.63) is 81.8 Å². The lowest BCUT2D eigenvalue weighted by atomic mass is 10.0. The Morgan fingerprint density at radius 1 is 0.963 bits per heavy atom. The number of likely N-dealkylation sites (tertiary alicyclic amines) is 1. The standard InChI is InChI=1S/C22H23N3OS/c1-16-9-10-18(27-16)13-23-14-20-21(15-23)25(12-17-6-3-2-4-7-17)22(26)19-8-5-11-24(19)20/h2-11,20-21H,12-15H2,1H3/t20-,21+/m0/s1. The minimum atomic E-state index is 0.152. The summed E-state index contributed by atoms with van der Waals surface area (Å²) in [6, 6.07) is 19.3. The van der Waals surface area contributed by atoms with Gasteiger partial charge >= 0.3 is 0 Å². The van der Waals surface area contributed by atoms with E-state index >= 15 is 0 Å². The third-order valence-corrected chi connectivity index (χ3v) is 6.71. The first-order valence-corrected chi connectivity index (χ1v) is 10.3. The van der Waals surface area contributed by atoms with Gasteiger partial charge in [-0.25, -0.2) is 0 Å². The number of amides is 1. The number of carbonyl (C=O) groups is 1. The van der Waals surface area contributed by atoms with Gasteiger partial charge in [0.15, 0.2) is 0 Å². The Hall–Kier alpha value is -2.37. The lowest BCUT2D eigenvalue weighted by molar-refractivity contribution is 0.0556. The first kappa shape index (κ1) is 16.8. The highest BCUT2D eigenvalue weighted by atomic mass is 32.1. The van der Waals surface area contributed by atoms with Crippen molar-refractivity contribution in [3.63, 3.8) is 0 Å². The quantitative estimate of drug-likeness (QED) is 0.689.